The highest BCUT2D eigenvalue weighted by molar-refractivity contribution is 6.31. The van der Waals surface area contributed by atoms with E-state index >= 15 is 0 Å². The van der Waals surface area contributed by atoms with Crippen molar-refractivity contribution in [2.24, 2.45) is 0 Å². The van der Waals surface area contributed by atoms with Gasteiger partial charge in [0, 0.05) is 33.3 Å². The number of halogens is 2. The number of rotatable bonds is 6. The molecule has 4 aromatic rings. The molecule has 0 aliphatic carbocycles. The minimum Gasteiger partial charge on any atom is -0.507 e. The Morgan fingerprint density at radius 1 is 1.17 bits per heavy atom. The van der Waals surface area contributed by atoms with Crippen molar-refractivity contribution in [1.29, 1.82) is 0 Å². The number of tetrazole rings is 1. The summed E-state index contributed by atoms with van der Waals surface area (Å²) in [5.41, 5.74) is 2.91. The molecular formula is C20H15ClFN5O2. The summed E-state index contributed by atoms with van der Waals surface area (Å²) in [7, 11) is 0. The molecule has 29 heavy (non-hydrogen) atoms. The van der Waals surface area contributed by atoms with Crippen molar-refractivity contribution < 1.29 is 14.3 Å². The Kier molecular flexibility index (Phi) is 5.09. The zero-order valence-electron chi connectivity index (χ0n) is 15.0. The molecule has 146 valence electrons. The van der Waals surface area contributed by atoms with Crippen molar-refractivity contribution in [1.82, 2.24) is 25.6 Å². The maximum Gasteiger partial charge on any atom is 0.244 e. The van der Waals surface area contributed by atoms with Gasteiger partial charge in [-0.2, -0.15) is 5.21 Å². The van der Waals surface area contributed by atoms with Gasteiger partial charge in [0.1, 0.15) is 11.6 Å². The number of H-pyrrole nitrogens is 2. The number of benzene rings is 2. The molecule has 2 aromatic carbocycles. The van der Waals surface area contributed by atoms with E-state index in [2.05, 4.69) is 25.6 Å². The number of carbonyl (C=O) groups is 1. The Hall–Kier alpha value is -3.52. The van der Waals surface area contributed by atoms with E-state index in [9.17, 15) is 14.3 Å². The predicted molar refractivity (Wildman–Crippen MR) is 106 cm³/mol. The van der Waals surface area contributed by atoms with Gasteiger partial charge >= 0.3 is 0 Å². The second-order valence-electron chi connectivity index (χ2n) is 6.42. The minimum atomic E-state index is -0.586. The third kappa shape index (κ3) is 4.02. The third-order valence-corrected chi connectivity index (χ3v) is 4.74. The second kappa shape index (κ2) is 7.84. The van der Waals surface area contributed by atoms with Crippen LogP contribution in [0.25, 0.3) is 16.7 Å². The van der Waals surface area contributed by atoms with Crippen LogP contribution in [0.15, 0.2) is 48.5 Å². The molecule has 0 atom stereocenters. The molecule has 0 radical (unpaired) electrons. The molecule has 0 saturated heterocycles. The summed E-state index contributed by atoms with van der Waals surface area (Å²) in [6.07, 6.45) is 2.19. The molecule has 0 saturated carbocycles. The number of hydrogen-bond donors (Lipinski definition) is 3. The normalized spacial score (nSPS) is 11.9. The van der Waals surface area contributed by atoms with Crippen LogP contribution in [0.5, 0.6) is 0 Å². The fourth-order valence-corrected chi connectivity index (χ4v) is 3.32. The zero-order valence-corrected chi connectivity index (χ0v) is 15.7. The number of aliphatic hydroxyl groups is 1. The van der Waals surface area contributed by atoms with Gasteiger partial charge in [0.25, 0.3) is 0 Å². The fraction of sp³-hybridized carbons (Fsp3) is 0.100. The molecule has 0 amide bonds. The Morgan fingerprint density at radius 2 is 1.97 bits per heavy atom. The van der Waals surface area contributed by atoms with Gasteiger partial charge in [-0.05, 0) is 54.0 Å². The molecule has 7 nitrogen and oxygen atoms in total. The maximum atomic E-state index is 13.1. The lowest BCUT2D eigenvalue weighted by Crippen LogP contribution is -2.01. The van der Waals surface area contributed by atoms with Crippen molar-refractivity contribution in [3.8, 4) is 0 Å². The van der Waals surface area contributed by atoms with Crippen LogP contribution in [0.2, 0.25) is 5.02 Å². The van der Waals surface area contributed by atoms with Crippen molar-refractivity contribution in [2.45, 2.75) is 12.8 Å². The van der Waals surface area contributed by atoms with E-state index in [1.807, 2.05) is 0 Å². The molecular weight excluding hydrogens is 397 g/mol. The third-order valence-electron chi connectivity index (χ3n) is 4.50. The number of ketones is 1. The van der Waals surface area contributed by atoms with E-state index in [4.69, 9.17) is 11.6 Å². The highest BCUT2D eigenvalue weighted by Gasteiger charge is 2.18. The zero-order chi connectivity index (χ0) is 20.4. The monoisotopic (exact) mass is 411 g/mol. The van der Waals surface area contributed by atoms with E-state index in [1.165, 1.54) is 12.1 Å². The van der Waals surface area contributed by atoms with Crippen LogP contribution in [-0.4, -0.2) is 36.5 Å². The number of carbonyl (C=O) groups excluding carboxylic acids is 1. The molecule has 9 heteroatoms. The Bertz CT molecular complexity index is 1200. The number of hydrogen-bond acceptors (Lipinski definition) is 5. The summed E-state index contributed by atoms with van der Waals surface area (Å²) < 4.78 is 13.1. The molecule has 3 N–H and O–H groups in total. The highest BCUT2D eigenvalue weighted by atomic mass is 35.5. The summed E-state index contributed by atoms with van der Waals surface area (Å²) in [6, 6.07) is 11.5. The first kappa shape index (κ1) is 18.8. The summed E-state index contributed by atoms with van der Waals surface area (Å²) in [5.74, 6) is -1.27. The van der Waals surface area contributed by atoms with E-state index in [1.54, 1.807) is 30.3 Å². The van der Waals surface area contributed by atoms with Crippen LogP contribution in [0, 0.1) is 5.82 Å². The topological polar surface area (TPSA) is 108 Å². The van der Waals surface area contributed by atoms with E-state index in [-0.39, 0.29) is 17.4 Å². The second-order valence-corrected chi connectivity index (χ2v) is 6.86. The molecule has 2 heterocycles. The number of aromatic amines is 2. The Morgan fingerprint density at radius 3 is 2.69 bits per heavy atom. The standard InChI is InChI=1S/C20H15ClFN5O2/c21-12-4-8-15-14(9-12)19(17(28)10-18(29)20-24-26-27-25-20)16(23-15)7-3-11-1-5-13(22)6-2-11/h1-2,4-6,8-10,23,28H,3,7H2,(H,24,25,26,27)/b17-10+. The van der Waals surface area contributed by atoms with Crippen LogP contribution in [0.1, 0.15) is 27.4 Å². The van der Waals surface area contributed by atoms with Gasteiger partial charge in [0.05, 0.1) is 0 Å². The first-order valence-electron chi connectivity index (χ1n) is 8.74. The van der Waals surface area contributed by atoms with E-state index < -0.39 is 5.78 Å². The van der Waals surface area contributed by atoms with Gasteiger partial charge in [-0.1, -0.05) is 23.7 Å². The van der Waals surface area contributed by atoms with Crippen molar-refractivity contribution in [3.63, 3.8) is 0 Å². The molecule has 0 aliphatic rings. The average Bonchev–Trinajstić information content (AvgIpc) is 3.35. The first-order valence-corrected chi connectivity index (χ1v) is 9.12. The first-order chi connectivity index (χ1) is 14.0. The molecule has 4 rings (SSSR count). The summed E-state index contributed by atoms with van der Waals surface area (Å²) in [5, 5.41) is 24.7. The van der Waals surface area contributed by atoms with Crippen molar-refractivity contribution >= 4 is 34.0 Å². The van der Waals surface area contributed by atoms with E-state index in [0.717, 1.165) is 22.9 Å². The number of allylic oxidation sites excluding steroid dienone is 1. The lowest BCUT2D eigenvalue weighted by atomic mass is 10.0. The maximum absolute atomic E-state index is 13.1. The smallest absolute Gasteiger partial charge is 0.244 e. The van der Waals surface area contributed by atoms with E-state index in [0.29, 0.717) is 28.8 Å². The largest absolute Gasteiger partial charge is 0.507 e. The summed E-state index contributed by atoms with van der Waals surface area (Å²) >= 11 is 6.13. The van der Waals surface area contributed by atoms with Gasteiger partial charge in [-0.3, -0.25) is 4.79 Å². The highest BCUT2D eigenvalue weighted by Crippen LogP contribution is 2.31. The summed E-state index contributed by atoms with van der Waals surface area (Å²) in [4.78, 5) is 15.5. The molecule has 0 aliphatic heterocycles. The van der Waals surface area contributed by atoms with Gasteiger partial charge < -0.3 is 10.1 Å². The average molecular weight is 412 g/mol. The Balaban J connectivity index is 1.71. The molecule has 0 fully saturated rings. The number of nitrogens with one attached hydrogen (secondary N) is 2. The molecule has 0 unspecified atom stereocenters. The van der Waals surface area contributed by atoms with Crippen LogP contribution < -0.4 is 0 Å². The van der Waals surface area contributed by atoms with Crippen LogP contribution in [0.4, 0.5) is 4.39 Å². The predicted octanol–water partition coefficient (Wildman–Crippen LogP) is 4.04. The van der Waals surface area contributed by atoms with Gasteiger partial charge in [-0.15, -0.1) is 10.2 Å². The molecule has 0 spiro atoms. The SMILES string of the molecule is O=C(/C=C(/O)c1c(CCc2ccc(F)cc2)[nH]c2ccc(Cl)cc12)c1nn[nH]n1. The number of fused-ring (bicyclic) bond motifs is 1. The number of nitrogens with zero attached hydrogens (tertiary/aromatic N) is 3. The van der Waals surface area contributed by atoms with Gasteiger partial charge in [0.15, 0.2) is 0 Å². The quantitative estimate of drug-likeness (QED) is 0.252. The lowest BCUT2D eigenvalue weighted by Gasteiger charge is -2.05. The van der Waals surface area contributed by atoms with Gasteiger partial charge in [-0.25, -0.2) is 4.39 Å². The van der Waals surface area contributed by atoms with Crippen LogP contribution in [-0.2, 0) is 12.8 Å². The fourth-order valence-electron chi connectivity index (χ4n) is 3.15. The lowest BCUT2D eigenvalue weighted by molar-refractivity contribution is 0.103. The van der Waals surface area contributed by atoms with Crippen LogP contribution in [0.3, 0.4) is 0 Å². The Labute approximate surface area is 169 Å². The van der Waals surface area contributed by atoms with Crippen molar-refractivity contribution in [3.05, 3.63) is 82.0 Å². The summed E-state index contributed by atoms with van der Waals surface area (Å²) in [6.45, 7) is 0. The minimum absolute atomic E-state index is 0.151. The van der Waals surface area contributed by atoms with Crippen LogP contribution >= 0.6 is 11.6 Å². The number of aryl methyl sites for hydroxylation is 2. The van der Waals surface area contributed by atoms with Crippen molar-refractivity contribution in [2.75, 3.05) is 0 Å². The van der Waals surface area contributed by atoms with Gasteiger partial charge in [0.2, 0.25) is 11.6 Å². The molecule has 0 bridgehead atoms. The number of aromatic nitrogens is 5. The molecule has 2 aromatic heterocycles. The number of aliphatic hydroxyl groups excluding tert-OH is 1.